The molecule has 35 heavy (non-hydrogen) atoms. The van der Waals surface area contributed by atoms with E-state index in [1.54, 1.807) is 6.07 Å². The van der Waals surface area contributed by atoms with Gasteiger partial charge in [0, 0.05) is 29.1 Å². The summed E-state index contributed by atoms with van der Waals surface area (Å²) in [5.74, 6) is -1.19. The van der Waals surface area contributed by atoms with Gasteiger partial charge in [0.15, 0.2) is 0 Å². The third-order valence-corrected chi connectivity index (χ3v) is 7.26. The number of aromatic nitrogens is 2. The van der Waals surface area contributed by atoms with Gasteiger partial charge in [-0.2, -0.15) is 0 Å². The van der Waals surface area contributed by atoms with E-state index in [0.717, 1.165) is 34.8 Å². The lowest BCUT2D eigenvalue weighted by Gasteiger charge is -2.31. The number of pyridine rings is 1. The van der Waals surface area contributed by atoms with Gasteiger partial charge in [-0.15, -0.1) is 0 Å². The molecular weight excluding hydrogens is 445 g/mol. The maximum absolute atomic E-state index is 13.7. The van der Waals surface area contributed by atoms with Crippen molar-refractivity contribution in [3.8, 4) is 0 Å². The van der Waals surface area contributed by atoms with Crippen molar-refractivity contribution in [3.63, 3.8) is 0 Å². The van der Waals surface area contributed by atoms with E-state index in [1.165, 1.54) is 12.1 Å². The molecule has 2 aromatic carbocycles. The smallest absolute Gasteiger partial charge is 0.306 e. The summed E-state index contributed by atoms with van der Waals surface area (Å²) in [7, 11) is 0. The molecule has 1 amide bonds. The molecule has 0 aliphatic heterocycles. The van der Waals surface area contributed by atoms with Crippen LogP contribution in [0.25, 0.3) is 21.8 Å². The van der Waals surface area contributed by atoms with Crippen LogP contribution in [0.2, 0.25) is 0 Å². The monoisotopic (exact) mass is 473 g/mol. The zero-order valence-corrected chi connectivity index (χ0v) is 19.6. The van der Waals surface area contributed by atoms with Crippen molar-refractivity contribution in [2.75, 3.05) is 0 Å². The first-order valence-electron chi connectivity index (χ1n) is 12.1. The molecule has 0 saturated heterocycles. The van der Waals surface area contributed by atoms with Crippen molar-refractivity contribution in [2.45, 2.75) is 45.2 Å². The topological polar surface area (TPSA) is 84.2 Å². The number of para-hydroxylation sites is 1. The first kappa shape index (κ1) is 23.0. The Hall–Kier alpha value is -3.74. The molecule has 0 spiro atoms. The van der Waals surface area contributed by atoms with E-state index in [9.17, 15) is 19.1 Å². The summed E-state index contributed by atoms with van der Waals surface area (Å²) in [6, 6.07) is 16.0. The molecule has 5 rings (SSSR count). The number of benzene rings is 2. The van der Waals surface area contributed by atoms with Crippen LogP contribution in [0.5, 0.6) is 0 Å². The van der Waals surface area contributed by atoms with Crippen LogP contribution in [0.4, 0.5) is 4.39 Å². The Bertz CT molecular complexity index is 1410. The number of rotatable bonds is 6. The van der Waals surface area contributed by atoms with Crippen molar-refractivity contribution < 1.29 is 19.1 Å². The molecule has 1 aliphatic rings. The molecular formula is C28H28FN3O3. The molecule has 2 heterocycles. The zero-order chi connectivity index (χ0) is 24.5. The first-order valence-corrected chi connectivity index (χ1v) is 12.1. The molecule has 1 aliphatic carbocycles. The minimum Gasteiger partial charge on any atom is -0.481 e. The highest BCUT2D eigenvalue weighted by atomic mass is 19.1. The second-order valence-corrected chi connectivity index (χ2v) is 9.54. The predicted molar refractivity (Wildman–Crippen MR) is 133 cm³/mol. The number of nitrogens with one attached hydrogen (secondary N) is 1. The SMILES string of the molecule is CC(NC(=O)c1cccc2ccn(Cc3ccc4ccc(F)cc4n3)c12)[C@H]1CC[C@H](C(=O)O)CC1. The van der Waals surface area contributed by atoms with Gasteiger partial charge in [-0.3, -0.25) is 14.6 Å². The molecule has 4 aromatic rings. The molecule has 1 unspecified atom stereocenters. The second-order valence-electron chi connectivity index (χ2n) is 9.54. The van der Waals surface area contributed by atoms with Gasteiger partial charge in [0.1, 0.15) is 5.82 Å². The van der Waals surface area contributed by atoms with Crippen LogP contribution in [-0.2, 0) is 11.3 Å². The Morgan fingerprint density at radius 3 is 2.63 bits per heavy atom. The summed E-state index contributed by atoms with van der Waals surface area (Å²) in [6.45, 7) is 2.45. The zero-order valence-electron chi connectivity index (χ0n) is 19.6. The Kier molecular flexibility index (Phi) is 6.24. The summed E-state index contributed by atoms with van der Waals surface area (Å²) >= 11 is 0. The van der Waals surface area contributed by atoms with Crippen molar-refractivity contribution in [2.24, 2.45) is 11.8 Å². The standard InChI is InChI=1S/C28H28FN3O3/c1-17(18-5-7-21(8-6-18)28(34)35)30-27(33)24-4-2-3-20-13-14-32(26(20)24)16-23-12-10-19-9-11-22(29)15-25(19)31-23/h2-4,9-15,17-18,21H,5-8,16H2,1H3,(H,30,33)(H,34,35)/t17?,18-,21-. The maximum Gasteiger partial charge on any atom is 0.306 e. The van der Waals surface area contributed by atoms with Gasteiger partial charge in [0.25, 0.3) is 5.91 Å². The average Bonchev–Trinajstić information content (AvgIpc) is 3.26. The van der Waals surface area contributed by atoms with Crippen molar-refractivity contribution in [1.29, 1.82) is 0 Å². The van der Waals surface area contributed by atoms with Crippen LogP contribution >= 0.6 is 0 Å². The average molecular weight is 474 g/mol. The highest BCUT2D eigenvalue weighted by Crippen LogP contribution is 2.31. The number of amides is 1. The third-order valence-electron chi connectivity index (χ3n) is 7.26. The Morgan fingerprint density at radius 2 is 1.86 bits per heavy atom. The fraction of sp³-hybridized carbons (Fsp3) is 0.321. The number of nitrogens with zero attached hydrogens (tertiary/aromatic N) is 2. The number of carboxylic acid groups (broad SMARTS) is 1. The number of carboxylic acids is 1. The van der Waals surface area contributed by atoms with Crippen molar-refractivity contribution in [3.05, 3.63) is 77.9 Å². The lowest BCUT2D eigenvalue weighted by atomic mass is 9.79. The van der Waals surface area contributed by atoms with Gasteiger partial charge in [-0.05, 0) is 68.9 Å². The van der Waals surface area contributed by atoms with Gasteiger partial charge >= 0.3 is 5.97 Å². The first-order chi connectivity index (χ1) is 16.9. The number of aliphatic carboxylic acids is 1. The molecule has 0 bridgehead atoms. The number of carbonyl (C=O) groups excluding carboxylic acids is 1. The summed E-state index contributed by atoms with van der Waals surface area (Å²) < 4.78 is 15.7. The van der Waals surface area contributed by atoms with Crippen LogP contribution in [0.15, 0.2) is 60.8 Å². The number of hydrogen-bond donors (Lipinski definition) is 2. The van der Waals surface area contributed by atoms with E-state index in [2.05, 4.69) is 10.3 Å². The number of fused-ring (bicyclic) bond motifs is 2. The fourth-order valence-corrected chi connectivity index (χ4v) is 5.24. The van der Waals surface area contributed by atoms with Gasteiger partial charge in [0.05, 0.1) is 34.8 Å². The van der Waals surface area contributed by atoms with E-state index in [4.69, 9.17) is 0 Å². The molecule has 1 saturated carbocycles. The van der Waals surface area contributed by atoms with E-state index < -0.39 is 5.97 Å². The largest absolute Gasteiger partial charge is 0.481 e. The third kappa shape index (κ3) is 4.76. The summed E-state index contributed by atoms with van der Waals surface area (Å²) in [6.07, 6.45) is 4.85. The summed E-state index contributed by atoms with van der Waals surface area (Å²) in [5.41, 5.74) is 2.79. The van der Waals surface area contributed by atoms with Gasteiger partial charge in [0.2, 0.25) is 0 Å². The Balaban J connectivity index is 1.36. The van der Waals surface area contributed by atoms with Gasteiger partial charge in [-0.25, -0.2) is 4.39 Å². The number of halogens is 1. The van der Waals surface area contributed by atoms with Crippen LogP contribution in [0.3, 0.4) is 0 Å². The van der Waals surface area contributed by atoms with Crippen molar-refractivity contribution in [1.82, 2.24) is 14.9 Å². The molecule has 6 nitrogen and oxygen atoms in total. The quantitative estimate of drug-likeness (QED) is 0.393. The fourth-order valence-electron chi connectivity index (χ4n) is 5.24. The van der Waals surface area contributed by atoms with Crippen LogP contribution in [0.1, 0.15) is 48.7 Å². The molecule has 1 fully saturated rings. The Labute approximate surface area is 202 Å². The van der Waals surface area contributed by atoms with Crippen LogP contribution in [-0.4, -0.2) is 32.6 Å². The summed E-state index contributed by atoms with van der Waals surface area (Å²) in [4.78, 5) is 29.2. The van der Waals surface area contributed by atoms with E-state index in [0.29, 0.717) is 30.5 Å². The molecule has 0 radical (unpaired) electrons. The molecule has 2 aromatic heterocycles. The minimum atomic E-state index is -0.724. The molecule has 7 heteroatoms. The molecule has 1 atom stereocenters. The second kappa shape index (κ2) is 9.49. The van der Waals surface area contributed by atoms with Crippen LogP contribution in [0, 0.1) is 17.7 Å². The van der Waals surface area contributed by atoms with Gasteiger partial charge in [-0.1, -0.05) is 18.2 Å². The summed E-state index contributed by atoms with van der Waals surface area (Å²) in [5, 5.41) is 14.2. The van der Waals surface area contributed by atoms with Crippen LogP contribution < -0.4 is 5.32 Å². The predicted octanol–water partition coefficient (Wildman–Crippen LogP) is 5.39. The normalized spacial score (nSPS) is 19.0. The highest BCUT2D eigenvalue weighted by Gasteiger charge is 2.29. The lowest BCUT2D eigenvalue weighted by molar-refractivity contribution is -0.143. The lowest BCUT2D eigenvalue weighted by Crippen LogP contribution is -2.40. The maximum atomic E-state index is 13.7. The highest BCUT2D eigenvalue weighted by molar-refractivity contribution is 6.06. The van der Waals surface area contributed by atoms with Crippen molar-refractivity contribution >= 4 is 33.7 Å². The van der Waals surface area contributed by atoms with E-state index in [1.807, 2.05) is 54.1 Å². The number of hydrogen-bond acceptors (Lipinski definition) is 3. The van der Waals surface area contributed by atoms with E-state index >= 15 is 0 Å². The molecule has 2 N–H and O–H groups in total. The van der Waals surface area contributed by atoms with Gasteiger partial charge < -0.3 is 15.0 Å². The number of carbonyl (C=O) groups is 2. The van der Waals surface area contributed by atoms with E-state index in [-0.39, 0.29) is 29.6 Å². The minimum absolute atomic E-state index is 0.0482. The Morgan fingerprint density at radius 1 is 1.09 bits per heavy atom. The molecule has 180 valence electrons.